The number of Topliss-reactive ketones (excluding diaryl/α,β-unsaturated/α-hetero) is 1. The van der Waals surface area contributed by atoms with Crippen LogP contribution in [0.2, 0.25) is 0 Å². The van der Waals surface area contributed by atoms with Crippen molar-refractivity contribution in [2.24, 2.45) is 28.6 Å². The fourth-order valence-electron chi connectivity index (χ4n) is 6.55. The Balaban J connectivity index is 1.57. The molecule has 192 valence electrons. The number of aliphatic hydroxyl groups is 1. The summed E-state index contributed by atoms with van der Waals surface area (Å²) in [5, 5.41) is 11.1. The van der Waals surface area contributed by atoms with Crippen LogP contribution in [0.4, 0.5) is 0 Å². The van der Waals surface area contributed by atoms with Crippen LogP contribution in [0.3, 0.4) is 0 Å². The zero-order valence-corrected chi connectivity index (χ0v) is 21.3. The van der Waals surface area contributed by atoms with Gasteiger partial charge < -0.3 is 14.6 Å². The lowest BCUT2D eigenvalue weighted by Gasteiger charge is -2.53. The molecular weight excluding hydrogens is 472 g/mol. The summed E-state index contributed by atoms with van der Waals surface area (Å²) in [6, 6.07) is 6.06. The van der Waals surface area contributed by atoms with Crippen molar-refractivity contribution in [2.45, 2.75) is 76.4 Å². The average Bonchev–Trinajstić information content (AvgIpc) is 3.13. The fraction of sp³-hybridized carbons (Fsp3) is 0.654. The molecule has 9 heteroatoms. The molecule has 1 aromatic rings. The normalized spacial score (nSPS) is 37.1. The number of aldehydes is 1. The topological polar surface area (TPSA) is 124 Å². The lowest BCUT2D eigenvalue weighted by atomic mass is 9.52. The van der Waals surface area contributed by atoms with Crippen LogP contribution >= 0.6 is 0 Å². The Morgan fingerprint density at radius 1 is 1.20 bits per heavy atom. The molecule has 0 radical (unpaired) electrons. The number of hydrogen-bond donors (Lipinski definition) is 1. The summed E-state index contributed by atoms with van der Waals surface area (Å²) in [6.07, 6.45) is 2.04. The average molecular weight is 507 g/mol. The third kappa shape index (κ3) is 4.82. The van der Waals surface area contributed by atoms with Crippen LogP contribution in [-0.2, 0) is 33.4 Å². The fourth-order valence-corrected chi connectivity index (χ4v) is 7.41. The molecule has 2 bridgehead atoms. The highest BCUT2D eigenvalue weighted by Crippen LogP contribution is 2.61. The molecule has 0 aliphatic heterocycles. The summed E-state index contributed by atoms with van der Waals surface area (Å²) < 4.78 is 35.7. The van der Waals surface area contributed by atoms with Crippen LogP contribution in [0.25, 0.3) is 0 Å². The van der Waals surface area contributed by atoms with Crippen LogP contribution in [0, 0.1) is 35.5 Å². The molecule has 3 aliphatic carbocycles. The summed E-state index contributed by atoms with van der Waals surface area (Å²) >= 11 is 0. The molecule has 8 nitrogen and oxygen atoms in total. The van der Waals surface area contributed by atoms with Crippen molar-refractivity contribution in [3.8, 4) is 0 Å². The lowest BCUT2D eigenvalue weighted by Crippen LogP contribution is -2.55. The first-order chi connectivity index (χ1) is 16.4. The molecule has 0 saturated heterocycles. The molecule has 4 rings (SSSR count). The molecule has 3 saturated carbocycles. The third-order valence-electron chi connectivity index (χ3n) is 8.64. The predicted octanol–water partition coefficient (Wildman–Crippen LogP) is 2.98. The van der Waals surface area contributed by atoms with E-state index < -0.39 is 45.7 Å². The van der Waals surface area contributed by atoms with E-state index in [0.717, 1.165) is 18.4 Å². The van der Waals surface area contributed by atoms with Gasteiger partial charge in [-0.1, -0.05) is 31.5 Å². The van der Waals surface area contributed by atoms with Crippen LogP contribution in [0.5, 0.6) is 0 Å². The van der Waals surface area contributed by atoms with Crippen molar-refractivity contribution in [3.05, 3.63) is 29.8 Å². The SMILES string of the molecule is Cc1ccc(S(=O)(=O)OCC(=O)OC2C[C@](C)(C=O)[C@@H](O)C[C@]34CCC(=O)[C@H]3C2[C@H](C)CC4)cc1. The highest BCUT2D eigenvalue weighted by atomic mass is 32.2. The van der Waals surface area contributed by atoms with Gasteiger partial charge in [0.2, 0.25) is 0 Å². The van der Waals surface area contributed by atoms with E-state index in [0.29, 0.717) is 25.5 Å². The van der Waals surface area contributed by atoms with E-state index in [9.17, 15) is 27.9 Å². The van der Waals surface area contributed by atoms with E-state index in [4.69, 9.17) is 8.92 Å². The minimum Gasteiger partial charge on any atom is -0.460 e. The van der Waals surface area contributed by atoms with E-state index in [1.165, 1.54) is 12.1 Å². The molecule has 0 heterocycles. The molecule has 0 aromatic heterocycles. The Morgan fingerprint density at radius 2 is 1.89 bits per heavy atom. The number of carbonyl (C=O) groups is 3. The zero-order chi connectivity index (χ0) is 25.6. The van der Waals surface area contributed by atoms with Gasteiger partial charge in [-0.3, -0.25) is 8.98 Å². The Morgan fingerprint density at radius 3 is 2.54 bits per heavy atom. The number of ketones is 1. The predicted molar refractivity (Wildman–Crippen MR) is 126 cm³/mol. The van der Waals surface area contributed by atoms with Gasteiger partial charge in [0.05, 0.1) is 16.4 Å². The standard InChI is InChI=1S/C26H34O8S/c1-16-4-6-18(7-5-16)35(31,32)33-14-22(30)34-20-12-25(3,15-27)21(29)13-26-10-8-17(2)23(20)24(26)19(28)9-11-26/h4-7,15,17,20-21,23-24,29H,8-14H2,1-3H3/t17-,20?,21+,23?,24+,25-,26+/m1/s1. The zero-order valence-electron chi connectivity index (χ0n) is 20.4. The first-order valence-corrected chi connectivity index (χ1v) is 13.6. The Bertz CT molecular complexity index is 1100. The molecule has 7 atom stereocenters. The van der Waals surface area contributed by atoms with Crippen LogP contribution in [0.15, 0.2) is 29.2 Å². The Labute approximate surface area is 206 Å². The van der Waals surface area contributed by atoms with Gasteiger partial charge >= 0.3 is 5.97 Å². The summed E-state index contributed by atoms with van der Waals surface area (Å²) in [7, 11) is -4.16. The van der Waals surface area contributed by atoms with E-state index in [1.54, 1.807) is 19.1 Å². The van der Waals surface area contributed by atoms with Gasteiger partial charge in [-0.15, -0.1) is 0 Å². The van der Waals surface area contributed by atoms with E-state index >= 15 is 0 Å². The van der Waals surface area contributed by atoms with Gasteiger partial charge in [0, 0.05) is 18.3 Å². The van der Waals surface area contributed by atoms with Crippen LogP contribution in [-0.4, -0.2) is 50.4 Å². The van der Waals surface area contributed by atoms with Crippen molar-refractivity contribution >= 4 is 28.2 Å². The number of aliphatic hydroxyl groups excluding tert-OH is 1. The summed E-state index contributed by atoms with van der Waals surface area (Å²) in [4.78, 5) is 37.9. The molecule has 3 fully saturated rings. The van der Waals surface area contributed by atoms with Crippen molar-refractivity contribution in [1.29, 1.82) is 0 Å². The minimum atomic E-state index is -4.16. The number of aryl methyl sites for hydroxylation is 1. The number of hydrogen-bond acceptors (Lipinski definition) is 8. The molecular formula is C26H34O8S. The third-order valence-corrected chi connectivity index (χ3v) is 9.92. The molecule has 2 unspecified atom stereocenters. The lowest BCUT2D eigenvalue weighted by molar-refractivity contribution is -0.176. The van der Waals surface area contributed by atoms with E-state index in [1.807, 2.05) is 13.8 Å². The summed E-state index contributed by atoms with van der Waals surface area (Å²) in [6.45, 7) is 4.68. The number of esters is 1. The molecule has 35 heavy (non-hydrogen) atoms. The van der Waals surface area contributed by atoms with Crippen LogP contribution < -0.4 is 0 Å². The van der Waals surface area contributed by atoms with E-state index in [-0.39, 0.29) is 34.9 Å². The van der Waals surface area contributed by atoms with Gasteiger partial charge in [0.1, 0.15) is 18.2 Å². The molecule has 0 spiro atoms. The summed E-state index contributed by atoms with van der Waals surface area (Å²) in [5.41, 5.74) is -0.681. The first kappa shape index (κ1) is 26.0. The van der Waals surface area contributed by atoms with Crippen molar-refractivity contribution in [3.63, 3.8) is 0 Å². The highest BCUT2D eigenvalue weighted by Gasteiger charge is 2.61. The quantitative estimate of drug-likeness (QED) is 0.355. The van der Waals surface area contributed by atoms with Gasteiger partial charge in [0.25, 0.3) is 10.1 Å². The summed E-state index contributed by atoms with van der Waals surface area (Å²) in [5.74, 6) is -1.36. The van der Waals surface area contributed by atoms with Crippen LogP contribution in [0.1, 0.15) is 57.9 Å². The van der Waals surface area contributed by atoms with Gasteiger partial charge in [-0.2, -0.15) is 8.42 Å². The van der Waals surface area contributed by atoms with Gasteiger partial charge in [-0.25, -0.2) is 4.79 Å². The van der Waals surface area contributed by atoms with Crippen molar-refractivity contribution in [1.82, 2.24) is 0 Å². The second kappa shape index (κ2) is 9.41. The molecule has 1 aromatic carbocycles. The Kier molecular flexibility index (Phi) is 6.98. The second-order valence-corrected chi connectivity index (χ2v) is 12.6. The highest BCUT2D eigenvalue weighted by molar-refractivity contribution is 7.86. The largest absolute Gasteiger partial charge is 0.460 e. The van der Waals surface area contributed by atoms with Gasteiger partial charge in [0.15, 0.2) is 6.61 Å². The number of carbonyl (C=O) groups excluding carboxylic acids is 3. The second-order valence-electron chi connectivity index (χ2n) is 11.0. The maximum Gasteiger partial charge on any atom is 0.333 e. The maximum absolute atomic E-state index is 13.0. The maximum atomic E-state index is 13.0. The monoisotopic (exact) mass is 506 g/mol. The molecule has 0 amide bonds. The molecule has 3 aliphatic rings. The first-order valence-electron chi connectivity index (χ1n) is 12.2. The number of rotatable bonds is 6. The minimum absolute atomic E-state index is 0.0585. The number of benzene rings is 1. The smallest absolute Gasteiger partial charge is 0.333 e. The van der Waals surface area contributed by atoms with Crippen molar-refractivity contribution < 1.29 is 36.8 Å². The number of ether oxygens (including phenoxy) is 1. The van der Waals surface area contributed by atoms with Gasteiger partial charge in [-0.05, 0) is 62.5 Å². The molecule has 1 N–H and O–H groups in total. The van der Waals surface area contributed by atoms with Crippen molar-refractivity contribution in [2.75, 3.05) is 6.61 Å². The van der Waals surface area contributed by atoms with E-state index in [2.05, 4.69) is 0 Å². The Hall–Kier alpha value is -2.10.